The zero-order chi connectivity index (χ0) is 16.1. The van der Waals surface area contributed by atoms with E-state index in [4.69, 9.17) is 20.4 Å². The quantitative estimate of drug-likeness (QED) is 0.593. The van der Waals surface area contributed by atoms with Gasteiger partial charge in [-0.15, -0.1) is 0 Å². The molecule has 122 valence electrons. The molecule has 1 aromatic rings. The van der Waals surface area contributed by atoms with Crippen molar-refractivity contribution in [1.82, 2.24) is 0 Å². The van der Waals surface area contributed by atoms with E-state index in [1.165, 1.54) is 0 Å². The number of hydrogen-bond acceptors (Lipinski definition) is 4. The van der Waals surface area contributed by atoms with Gasteiger partial charge in [-0.3, -0.25) is 0 Å². The maximum atomic E-state index is 9.04. The molecule has 0 radical (unpaired) electrons. The Hall–Kier alpha value is -0.940. The second kappa shape index (κ2) is 11.7. The highest BCUT2D eigenvalue weighted by Crippen LogP contribution is 2.27. The van der Waals surface area contributed by atoms with Crippen molar-refractivity contribution in [3.63, 3.8) is 0 Å². The SMILES string of the molecule is CCCCC(CC)(CO)CO.OCc1ccccc1CO. The van der Waals surface area contributed by atoms with Crippen molar-refractivity contribution >= 4 is 0 Å². The molecule has 0 aliphatic heterocycles. The van der Waals surface area contributed by atoms with Crippen LogP contribution in [-0.2, 0) is 13.2 Å². The summed E-state index contributed by atoms with van der Waals surface area (Å²) in [5.41, 5.74) is 1.38. The lowest BCUT2D eigenvalue weighted by Crippen LogP contribution is -2.28. The molecule has 1 rings (SSSR count). The molecule has 0 amide bonds. The van der Waals surface area contributed by atoms with Crippen molar-refractivity contribution < 1.29 is 20.4 Å². The van der Waals surface area contributed by atoms with Gasteiger partial charge >= 0.3 is 0 Å². The monoisotopic (exact) mass is 298 g/mol. The molecule has 0 spiro atoms. The average Bonchev–Trinajstić information content (AvgIpc) is 2.57. The van der Waals surface area contributed by atoms with E-state index in [9.17, 15) is 0 Å². The van der Waals surface area contributed by atoms with Crippen molar-refractivity contribution in [2.75, 3.05) is 13.2 Å². The van der Waals surface area contributed by atoms with Crippen molar-refractivity contribution in [3.05, 3.63) is 35.4 Å². The van der Waals surface area contributed by atoms with Crippen LogP contribution in [0.1, 0.15) is 50.7 Å². The summed E-state index contributed by atoms with van der Waals surface area (Å²) in [6.07, 6.45) is 4.02. The molecule has 21 heavy (non-hydrogen) atoms. The molecule has 0 aromatic heterocycles. The van der Waals surface area contributed by atoms with Crippen LogP contribution in [0.15, 0.2) is 24.3 Å². The molecule has 4 heteroatoms. The molecule has 0 bridgehead atoms. The van der Waals surface area contributed by atoms with Crippen LogP contribution in [0.2, 0.25) is 0 Å². The summed E-state index contributed by atoms with van der Waals surface area (Å²) in [4.78, 5) is 0. The highest BCUT2D eigenvalue weighted by Gasteiger charge is 2.25. The summed E-state index contributed by atoms with van der Waals surface area (Å²) in [6, 6.07) is 7.27. The largest absolute Gasteiger partial charge is 0.396 e. The van der Waals surface area contributed by atoms with E-state index in [-0.39, 0.29) is 31.8 Å². The van der Waals surface area contributed by atoms with Crippen molar-refractivity contribution in [2.45, 2.75) is 52.7 Å². The van der Waals surface area contributed by atoms with Gasteiger partial charge in [-0.25, -0.2) is 0 Å². The first-order chi connectivity index (χ1) is 10.1. The van der Waals surface area contributed by atoms with Crippen LogP contribution in [-0.4, -0.2) is 33.6 Å². The van der Waals surface area contributed by atoms with Crippen LogP contribution in [0.4, 0.5) is 0 Å². The Kier molecular flexibility index (Phi) is 11.2. The first kappa shape index (κ1) is 20.1. The minimum atomic E-state index is -0.212. The topological polar surface area (TPSA) is 80.9 Å². The molecule has 1 aromatic carbocycles. The first-order valence-electron chi connectivity index (χ1n) is 7.63. The molecule has 4 nitrogen and oxygen atoms in total. The van der Waals surface area contributed by atoms with Gasteiger partial charge in [0.1, 0.15) is 0 Å². The standard InChI is InChI=1S/C9H20O2.C8H10O2/c1-3-5-6-9(4-2,7-10)8-11;9-5-7-3-1-2-4-8(7)6-10/h10-11H,3-8H2,1-2H3;1-4,9-10H,5-6H2. The number of aliphatic hydroxyl groups is 4. The third-order valence-corrected chi connectivity index (χ3v) is 3.94. The Labute approximate surface area is 128 Å². The number of aliphatic hydroxyl groups excluding tert-OH is 4. The van der Waals surface area contributed by atoms with Gasteiger partial charge in [0.2, 0.25) is 0 Å². The van der Waals surface area contributed by atoms with Crippen LogP contribution in [0.3, 0.4) is 0 Å². The molecule has 0 heterocycles. The van der Waals surface area contributed by atoms with E-state index in [2.05, 4.69) is 6.92 Å². The third-order valence-electron chi connectivity index (χ3n) is 3.94. The van der Waals surface area contributed by atoms with Crippen molar-refractivity contribution in [2.24, 2.45) is 5.41 Å². The maximum absolute atomic E-state index is 9.04. The molecule has 0 fully saturated rings. The van der Waals surface area contributed by atoms with Gasteiger partial charge in [0, 0.05) is 5.41 Å². The Morgan fingerprint density at radius 2 is 1.33 bits per heavy atom. The van der Waals surface area contributed by atoms with Gasteiger partial charge in [-0.2, -0.15) is 0 Å². The molecule has 0 atom stereocenters. The molecule has 0 aliphatic rings. The molecule has 0 aliphatic carbocycles. The molecular formula is C17H30O4. The molecule has 0 saturated carbocycles. The lowest BCUT2D eigenvalue weighted by atomic mass is 9.82. The van der Waals surface area contributed by atoms with E-state index in [0.717, 1.165) is 36.8 Å². The van der Waals surface area contributed by atoms with Crippen LogP contribution >= 0.6 is 0 Å². The summed E-state index contributed by atoms with van der Waals surface area (Å²) in [5, 5.41) is 35.6. The predicted molar refractivity (Wildman–Crippen MR) is 84.7 cm³/mol. The second-order valence-electron chi connectivity index (χ2n) is 5.36. The number of benzene rings is 1. The fourth-order valence-electron chi connectivity index (χ4n) is 2.03. The third kappa shape index (κ3) is 7.05. The van der Waals surface area contributed by atoms with E-state index in [1.807, 2.05) is 19.1 Å². The summed E-state index contributed by atoms with van der Waals surface area (Å²) in [7, 11) is 0. The summed E-state index contributed by atoms with van der Waals surface area (Å²) in [5.74, 6) is 0. The van der Waals surface area contributed by atoms with Gasteiger partial charge in [0.25, 0.3) is 0 Å². The zero-order valence-electron chi connectivity index (χ0n) is 13.3. The first-order valence-corrected chi connectivity index (χ1v) is 7.63. The Balaban J connectivity index is 0.000000382. The fraction of sp³-hybridized carbons (Fsp3) is 0.647. The van der Waals surface area contributed by atoms with Crippen LogP contribution in [0.25, 0.3) is 0 Å². The van der Waals surface area contributed by atoms with Crippen molar-refractivity contribution in [1.29, 1.82) is 0 Å². The van der Waals surface area contributed by atoms with Gasteiger partial charge in [0.15, 0.2) is 0 Å². The summed E-state index contributed by atoms with van der Waals surface area (Å²) < 4.78 is 0. The van der Waals surface area contributed by atoms with Crippen molar-refractivity contribution in [3.8, 4) is 0 Å². The smallest absolute Gasteiger partial charge is 0.0685 e. The average molecular weight is 298 g/mol. The zero-order valence-corrected chi connectivity index (χ0v) is 13.3. The maximum Gasteiger partial charge on any atom is 0.0685 e. The summed E-state index contributed by atoms with van der Waals surface area (Å²) >= 11 is 0. The predicted octanol–water partition coefficient (Wildman–Crippen LogP) is 2.23. The van der Waals surface area contributed by atoms with Gasteiger partial charge < -0.3 is 20.4 Å². The van der Waals surface area contributed by atoms with E-state index in [1.54, 1.807) is 12.1 Å². The van der Waals surface area contributed by atoms with Crippen LogP contribution < -0.4 is 0 Å². The lowest BCUT2D eigenvalue weighted by Gasteiger charge is -2.27. The van der Waals surface area contributed by atoms with Crippen LogP contribution in [0.5, 0.6) is 0 Å². The Morgan fingerprint density at radius 1 is 0.857 bits per heavy atom. The number of unbranched alkanes of at least 4 members (excludes halogenated alkanes) is 1. The van der Waals surface area contributed by atoms with E-state index < -0.39 is 0 Å². The minimum absolute atomic E-state index is 0.00324. The molecule has 4 N–H and O–H groups in total. The summed E-state index contributed by atoms with van der Waals surface area (Å²) in [6.45, 7) is 4.35. The Morgan fingerprint density at radius 3 is 1.62 bits per heavy atom. The van der Waals surface area contributed by atoms with Gasteiger partial charge in [-0.05, 0) is 24.0 Å². The van der Waals surface area contributed by atoms with Gasteiger partial charge in [0.05, 0.1) is 26.4 Å². The second-order valence-corrected chi connectivity index (χ2v) is 5.36. The van der Waals surface area contributed by atoms with Gasteiger partial charge in [-0.1, -0.05) is 51.0 Å². The normalized spacial score (nSPS) is 11.0. The number of rotatable bonds is 8. The minimum Gasteiger partial charge on any atom is -0.396 e. The van der Waals surface area contributed by atoms with Crippen LogP contribution in [0, 0.1) is 5.41 Å². The molecular weight excluding hydrogens is 268 g/mol. The number of hydrogen-bond donors (Lipinski definition) is 4. The molecule has 0 saturated heterocycles. The fourth-order valence-corrected chi connectivity index (χ4v) is 2.03. The lowest BCUT2D eigenvalue weighted by molar-refractivity contribution is 0.0420. The Bertz CT molecular complexity index is 330. The highest BCUT2D eigenvalue weighted by molar-refractivity contribution is 5.25. The highest BCUT2D eigenvalue weighted by atomic mass is 16.3. The van der Waals surface area contributed by atoms with E-state index >= 15 is 0 Å². The molecule has 0 unspecified atom stereocenters. The van der Waals surface area contributed by atoms with E-state index in [0.29, 0.717) is 0 Å².